The maximum Gasteiger partial charge on any atom is 0.103 e. The van der Waals surface area contributed by atoms with Crippen LogP contribution in [0, 0.1) is 11.3 Å². The highest BCUT2D eigenvalue weighted by atomic mass is 35.5. The Kier molecular flexibility index (Phi) is 4.60. The summed E-state index contributed by atoms with van der Waals surface area (Å²) >= 11 is 13.8. The van der Waals surface area contributed by atoms with Crippen molar-refractivity contribution in [2.45, 2.75) is 4.90 Å². The van der Waals surface area contributed by atoms with E-state index in [-0.39, 0.29) is 0 Å². The van der Waals surface area contributed by atoms with Gasteiger partial charge in [0.15, 0.2) is 0 Å². The van der Waals surface area contributed by atoms with Crippen LogP contribution in [0.15, 0.2) is 41.3 Å². The number of nitrogens with zero attached hydrogens (tertiary/aromatic N) is 1. The third-order valence-electron chi connectivity index (χ3n) is 2.58. The molecule has 0 radical (unpaired) electrons. The summed E-state index contributed by atoms with van der Waals surface area (Å²) < 4.78 is 0. The van der Waals surface area contributed by atoms with Crippen LogP contribution < -0.4 is 5.32 Å². The molecular weight excluding hydrogens is 299 g/mol. The number of nitrogens with one attached hydrogen (secondary N) is 1. The average Bonchev–Trinajstić information content (AvgIpc) is 2.42. The second-order valence-electron chi connectivity index (χ2n) is 3.72. The maximum absolute atomic E-state index is 9.28. The van der Waals surface area contributed by atoms with Gasteiger partial charge in [-0.2, -0.15) is 5.26 Å². The van der Waals surface area contributed by atoms with Gasteiger partial charge >= 0.3 is 0 Å². The molecule has 0 unspecified atom stereocenters. The Hall–Kier alpha value is -1.34. The highest BCUT2D eigenvalue weighted by Gasteiger charge is 2.11. The molecule has 0 bridgehead atoms. The lowest BCUT2D eigenvalue weighted by Crippen LogP contribution is -1.96. The number of hydrogen-bond donors (Lipinski definition) is 1. The molecule has 19 heavy (non-hydrogen) atoms. The summed E-state index contributed by atoms with van der Waals surface area (Å²) in [5.74, 6) is 0. The average molecular weight is 309 g/mol. The Labute approximate surface area is 126 Å². The summed E-state index contributed by atoms with van der Waals surface area (Å²) in [5.41, 5.74) is 1.90. The first kappa shape index (κ1) is 14.1. The molecule has 0 saturated heterocycles. The molecule has 0 aliphatic rings. The predicted molar refractivity (Wildman–Crippen MR) is 82.7 cm³/mol. The van der Waals surface area contributed by atoms with Gasteiger partial charge in [0.25, 0.3) is 0 Å². The van der Waals surface area contributed by atoms with Crippen molar-refractivity contribution in [3.05, 3.63) is 52.0 Å². The highest BCUT2D eigenvalue weighted by Crippen LogP contribution is 2.35. The minimum absolute atomic E-state index is 0.519. The van der Waals surface area contributed by atoms with Crippen LogP contribution in [-0.2, 0) is 0 Å². The van der Waals surface area contributed by atoms with Crippen molar-refractivity contribution in [1.29, 1.82) is 5.26 Å². The van der Waals surface area contributed by atoms with E-state index in [0.717, 1.165) is 4.90 Å². The first-order valence-corrected chi connectivity index (χ1v) is 7.43. The van der Waals surface area contributed by atoms with Crippen molar-refractivity contribution >= 4 is 46.3 Å². The monoisotopic (exact) mass is 308 g/mol. The highest BCUT2D eigenvalue weighted by molar-refractivity contribution is 7.98. The standard InChI is InChI=1S/C14H10Cl2N2S/c1-19-13-7-3-6-12(9(13)8-17)18-14-10(15)4-2-5-11(14)16/h2-7,18H,1H3. The van der Waals surface area contributed by atoms with Gasteiger partial charge in [0.2, 0.25) is 0 Å². The molecule has 0 amide bonds. The molecule has 0 aliphatic carbocycles. The molecule has 2 rings (SSSR count). The van der Waals surface area contributed by atoms with E-state index in [1.807, 2.05) is 24.5 Å². The number of benzene rings is 2. The van der Waals surface area contributed by atoms with Crippen LogP contribution >= 0.6 is 35.0 Å². The molecule has 0 aliphatic heterocycles. The van der Waals surface area contributed by atoms with Crippen LogP contribution in [0.25, 0.3) is 0 Å². The molecule has 0 atom stereocenters. The maximum atomic E-state index is 9.28. The molecule has 96 valence electrons. The van der Waals surface area contributed by atoms with E-state index < -0.39 is 0 Å². The van der Waals surface area contributed by atoms with Crippen molar-refractivity contribution in [2.24, 2.45) is 0 Å². The lowest BCUT2D eigenvalue weighted by atomic mass is 10.2. The molecule has 0 saturated carbocycles. The summed E-state index contributed by atoms with van der Waals surface area (Å²) in [4.78, 5) is 0.913. The quantitative estimate of drug-likeness (QED) is 0.778. The van der Waals surface area contributed by atoms with Gasteiger partial charge in [-0.15, -0.1) is 11.8 Å². The van der Waals surface area contributed by atoms with Crippen LogP contribution in [0.3, 0.4) is 0 Å². The van der Waals surface area contributed by atoms with E-state index in [4.69, 9.17) is 23.2 Å². The van der Waals surface area contributed by atoms with Gasteiger partial charge < -0.3 is 5.32 Å². The lowest BCUT2D eigenvalue weighted by molar-refractivity contribution is 1.36. The normalized spacial score (nSPS) is 10.0. The van der Waals surface area contributed by atoms with Gasteiger partial charge in [0.1, 0.15) is 6.07 Å². The molecule has 2 aromatic rings. The van der Waals surface area contributed by atoms with Crippen LogP contribution in [0.5, 0.6) is 0 Å². The number of halogens is 2. The number of anilines is 2. The fraction of sp³-hybridized carbons (Fsp3) is 0.0714. The van der Waals surface area contributed by atoms with Crippen LogP contribution in [-0.4, -0.2) is 6.26 Å². The summed E-state index contributed by atoms with van der Waals surface area (Å²) in [6.07, 6.45) is 1.93. The van der Waals surface area contributed by atoms with Crippen molar-refractivity contribution in [3.8, 4) is 6.07 Å². The van der Waals surface area contributed by atoms with Gasteiger partial charge in [-0.3, -0.25) is 0 Å². The Morgan fingerprint density at radius 1 is 1.11 bits per heavy atom. The molecule has 2 aromatic carbocycles. The third-order valence-corrected chi connectivity index (χ3v) is 3.99. The van der Waals surface area contributed by atoms with Crippen molar-refractivity contribution in [3.63, 3.8) is 0 Å². The van der Waals surface area contributed by atoms with E-state index in [9.17, 15) is 5.26 Å². The number of nitriles is 1. The summed E-state index contributed by atoms with van der Waals surface area (Å²) in [5, 5.41) is 13.5. The van der Waals surface area contributed by atoms with Crippen molar-refractivity contribution < 1.29 is 0 Å². The van der Waals surface area contributed by atoms with Gasteiger partial charge in [0, 0.05) is 4.90 Å². The largest absolute Gasteiger partial charge is 0.352 e. The predicted octanol–water partition coefficient (Wildman–Crippen LogP) is 5.33. The zero-order valence-corrected chi connectivity index (χ0v) is 12.4. The Balaban J connectivity index is 2.48. The second kappa shape index (κ2) is 6.21. The fourth-order valence-corrected chi connectivity index (χ4v) is 2.74. The minimum atomic E-state index is 0.519. The molecule has 2 nitrogen and oxygen atoms in total. The molecule has 1 N–H and O–H groups in total. The molecule has 0 fully saturated rings. The molecule has 0 heterocycles. The van der Waals surface area contributed by atoms with E-state index >= 15 is 0 Å². The Morgan fingerprint density at radius 3 is 2.32 bits per heavy atom. The topological polar surface area (TPSA) is 35.8 Å². The van der Waals surface area contributed by atoms with Gasteiger partial charge in [0.05, 0.1) is 27.0 Å². The summed E-state index contributed by atoms with van der Waals surface area (Å²) in [6.45, 7) is 0. The summed E-state index contributed by atoms with van der Waals surface area (Å²) in [6, 6.07) is 13.1. The zero-order valence-electron chi connectivity index (χ0n) is 10.1. The van der Waals surface area contributed by atoms with Crippen molar-refractivity contribution in [2.75, 3.05) is 11.6 Å². The van der Waals surface area contributed by atoms with E-state index in [0.29, 0.717) is 27.0 Å². The number of rotatable bonds is 3. The van der Waals surface area contributed by atoms with Crippen LogP contribution in [0.1, 0.15) is 5.56 Å². The Bertz CT molecular complexity index is 630. The number of para-hydroxylation sites is 1. The van der Waals surface area contributed by atoms with Crippen LogP contribution in [0.4, 0.5) is 11.4 Å². The molecule has 0 aromatic heterocycles. The van der Waals surface area contributed by atoms with E-state index in [1.165, 1.54) is 11.8 Å². The van der Waals surface area contributed by atoms with Gasteiger partial charge in [-0.25, -0.2) is 0 Å². The number of thioether (sulfide) groups is 1. The first-order valence-electron chi connectivity index (χ1n) is 5.45. The second-order valence-corrected chi connectivity index (χ2v) is 5.38. The molecule has 0 spiro atoms. The fourth-order valence-electron chi connectivity index (χ4n) is 1.67. The first-order chi connectivity index (χ1) is 9.17. The molecule has 5 heteroatoms. The SMILES string of the molecule is CSc1cccc(Nc2c(Cl)cccc2Cl)c1C#N. The smallest absolute Gasteiger partial charge is 0.103 e. The van der Waals surface area contributed by atoms with Crippen LogP contribution in [0.2, 0.25) is 10.0 Å². The lowest BCUT2D eigenvalue weighted by Gasteiger charge is -2.13. The van der Waals surface area contributed by atoms with Gasteiger partial charge in [-0.05, 0) is 30.5 Å². The van der Waals surface area contributed by atoms with Gasteiger partial charge in [-0.1, -0.05) is 35.3 Å². The third kappa shape index (κ3) is 2.98. The Morgan fingerprint density at radius 2 is 1.74 bits per heavy atom. The molecular formula is C14H10Cl2N2S. The zero-order chi connectivity index (χ0) is 13.8. The minimum Gasteiger partial charge on any atom is -0.352 e. The number of hydrogen-bond acceptors (Lipinski definition) is 3. The van der Waals surface area contributed by atoms with E-state index in [2.05, 4.69) is 11.4 Å². The summed E-state index contributed by atoms with van der Waals surface area (Å²) in [7, 11) is 0. The van der Waals surface area contributed by atoms with E-state index in [1.54, 1.807) is 18.2 Å². The van der Waals surface area contributed by atoms with Crippen molar-refractivity contribution in [1.82, 2.24) is 0 Å².